The largest absolute Gasteiger partial charge is 0.355 e. The summed E-state index contributed by atoms with van der Waals surface area (Å²) in [6.45, 7) is -0.412. The molecule has 4 nitrogen and oxygen atoms in total. The summed E-state index contributed by atoms with van der Waals surface area (Å²) < 4.78 is 27.6. The van der Waals surface area contributed by atoms with Crippen molar-refractivity contribution in [1.82, 2.24) is 14.9 Å². The number of rotatable bonds is 6. The fraction of sp³-hybridized carbons (Fsp3) is 0.263. The van der Waals surface area contributed by atoms with Crippen LogP contribution in [0.25, 0.3) is 11.0 Å². The van der Waals surface area contributed by atoms with Gasteiger partial charge in [0.05, 0.1) is 17.5 Å². The molecule has 0 radical (unpaired) electrons. The molecule has 0 unspecified atom stereocenters. The number of halogens is 2. The predicted octanol–water partition coefficient (Wildman–Crippen LogP) is 3.64. The Bertz CT molecular complexity index is 872. The van der Waals surface area contributed by atoms with Crippen LogP contribution >= 0.6 is 0 Å². The van der Waals surface area contributed by atoms with Crippen molar-refractivity contribution in [2.24, 2.45) is 0 Å². The molecular weight excluding hydrogens is 324 g/mol. The Morgan fingerprint density at radius 2 is 1.88 bits per heavy atom. The third kappa shape index (κ3) is 4.02. The molecule has 1 N–H and O–H groups in total. The van der Waals surface area contributed by atoms with Crippen molar-refractivity contribution in [1.29, 1.82) is 0 Å². The maximum absolute atomic E-state index is 13.3. The van der Waals surface area contributed by atoms with Gasteiger partial charge in [-0.05, 0) is 24.6 Å². The number of alkyl halides is 2. The monoisotopic (exact) mass is 343 g/mol. The Hall–Kier alpha value is -2.76. The van der Waals surface area contributed by atoms with Crippen LogP contribution in [0.5, 0.6) is 0 Å². The third-order valence-corrected chi connectivity index (χ3v) is 4.02. The quantitative estimate of drug-likeness (QED) is 0.743. The summed E-state index contributed by atoms with van der Waals surface area (Å²) >= 11 is 0. The van der Waals surface area contributed by atoms with E-state index in [9.17, 15) is 13.6 Å². The Labute approximate surface area is 144 Å². The van der Waals surface area contributed by atoms with E-state index in [4.69, 9.17) is 0 Å². The highest BCUT2D eigenvalue weighted by atomic mass is 19.3. The van der Waals surface area contributed by atoms with Gasteiger partial charge in [0.25, 0.3) is 0 Å². The standard InChI is InChI=1S/C19H19F2N3O/c1-13-6-8-14(9-7-13)12-18(25)22-11-10-17-23-15-4-2-3-5-16(15)24(17)19(20)21/h2-9,19H,10-12H2,1H3,(H,22,25). The zero-order valence-electron chi connectivity index (χ0n) is 13.9. The molecule has 0 fully saturated rings. The molecule has 0 aliphatic rings. The van der Waals surface area contributed by atoms with Crippen molar-refractivity contribution < 1.29 is 13.6 Å². The Morgan fingerprint density at radius 1 is 1.16 bits per heavy atom. The normalized spacial score (nSPS) is 11.2. The van der Waals surface area contributed by atoms with Crippen molar-refractivity contribution in [3.63, 3.8) is 0 Å². The van der Waals surface area contributed by atoms with Gasteiger partial charge in [0, 0.05) is 13.0 Å². The van der Waals surface area contributed by atoms with Crippen LogP contribution in [0, 0.1) is 6.92 Å². The van der Waals surface area contributed by atoms with Gasteiger partial charge in [0.15, 0.2) is 0 Å². The molecule has 130 valence electrons. The minimum atomic E-state index is -2.66. The van der Waals surface area contributed by atoms with E-state index in [1.807, 2.05) is 31.2 Å². The van der Waals surface area contributed by atoms with Crippen LogP contribution in [-0.2, 0) is 17.6 Å². The minimum Gasteiger partial charge on any atom is -0.355 e. The number of amides is 1. The fourth-order valence-corrected chi connectivity index (χ4v) is 2.76. The first-order chi connectivity index (χ1) is 12.0. The van der Waals surface area contributed by atoms with E-state index in [1.54, 1.807) is 24.3 Å². The number of nitrogens with one attached hydrogen (secondary N) is 1. The van der Waals surface area contributed by atoms with E-state index in [-0.39, 0.29) is 31.1 Å². The van der Waals surface area contributed by atoms with Crippen LogP contribution in [0.4, 0.5) is 8.78 Å². The summed E-state index contributed by atoms with van der Waals surface area (Å²) in [5, 5.41) is 2.77. The highest BCUT2D eigenvalue weighted by Crippen LogP contribution is 2.23. The number of imidazole rings is 1. The summed E-state index contributed by atoms with van der Waals surface area (Å²) in [5.41, 5.74) is 2.99. The summed E-state index contributed by atoms with van der Waals surface area (Å²) in [5.74, 6) is 0.135. The number of hydrogen-bond donors (Lipinski definition) is 1. The van der Waals surface area contributed by atoms with Gasteiger partial charge in [-0.25, -0.2) is 4.98 Å². The summed E-state index contributed by atoms with van der Waals surface area (Å²) in [7, 11) is 0. The highest BCUT2D eigenvalue weighted by Gasteiger charge is 2.17. The lowest BCUT2D eigenvalue weighted by molar-refractivity contribution is -0.120. The van der Waals surface area contributed by atoms with E-state index in [0.717, 1.165) is 15.7 Å². The van der Waals surface area contributed by atoms with Crippen molar-refractivity contribution >= 4 is 16.9 Å². The maximum atomic E-state index is 13.3. The molecule has 1 amide bonds. The number of nitrogens with zero attached hydrogens (tertiary/aromatic N) is 2. The first kappa shape index (κ1) is 17.1. The fourth-order valence-electron chi connectivity index (χ4n) is 2.76. The van der Waals surface area contributed by atoms with Crippen molar-refractivity contribution in [2.45, 2.75) is 26.3 Å². The van der Waals surface area contributed by atoms with Gasteiger partial charge in [-0.15, -0.1) is 0 Å². The molecule has 0 spiro atoms. The average molecular weight is 343 g/mol. The van der Waals surface area contributed by atoms with E-state index in [2.05, 4.69) is 10.3 Å². The molecule has 1 heterocycles. The second-order valence-electron chi connectivity index (χ2n) is 5.93. The maximum Gasteiger partial charge on any atom is 0.320 e. The lowest BCUT2D eigenvalue weighted by atomic mass is 10.1. The molecule has 1 aromatic heterocycles. The van der Waals surface area contributed by atoms with Gasteiger partial charge < -0.3 is 5.32 Å². The molecule has 6 heteroatoms. The van der Waals surface area contributed by atoms with Gasteiger partial charge in [-0.3, -0.25) is 9.36 Å². The molecule has 0 aliphatic carbocycles. The Balaban J connectivity index is 1.62. The smallest absolute Gasteiger partial charge is 0.320 e. The van der Waals surface area contributed by atoms with Crippen LogP contribution in [0.2, 0.25) is 0 Å². The molecule has 3 aromatic rings. The summed E-state index contributed by atoms with van der Waals surface area (Å²) in [6.07, 6.45) is 0.518. The average Bonchev–Trinajstić information content (AvgIpc) is 2.95. The topological polar surface area (TPSA) is 46.9 Å². The van der Waals surface area contributed by atoms with Gasteiger partial charge in [0.2, 0.25) is 5.91 Å². The number of benzene rings is 2. The van der Waals surface area contributed by atoms with Gasteiger partial charge in [-0.2, -0.15) is 8.78 Å². The molecule has 0 saturated carbocycles. The Kier molecular flexibility index (Phi) is 5.07. The minimum absolute atomic E-state index is 0.136. The van der Waals surface area contributed by atoms with E-state index < -0.39 is 6.55 Å². The zero-order chi connectivity index (χ0) is 17.8. The SMILES string of the molecule is Cc1ccc(CC(=O)NCCc2nc3ccccc3n2C(F)F)cc1. The third-order valence-electron chi connectivity index (χ3n) is 4.02. The van der Waals surface area contributed by atoms with Crippen LogP contribution in [0.1, 0.15) is 23.5 Å². The predicted molar refractivity (Wildman–Crippen MR) is 92.6 cm³/mol. The number of carbonyl (C=O) groups excluding carboxylic acids is 1. The van der Waals surface area contributed by atoms with Crippen LogP contribution in [-0.4, -0.2) is 22.0 Å². The molecule has 0 bridgehead atoms. The molecule has 2 aromatic carbocycles. The van der Waals surface area contributed by atoms with Gasteiger partial charge in [-0.1, -0.05) is 42.0 Å². The lowest BCUT2D eigenvalue weighted by Crippen LogP contribution is -2.28. The number of fused-ring (bicyclic) bond motifs is 1. The first-order valence-corrected chi connectivity index (χ1v) is 8.11. The number of hydrogen-bond acceptors (Lipinski definition) is 2. The number of aryl methyl sites for hydroxylation is 1. The molecular formula is C19H19F2N3O. The molecule has 3 rings (SSSR count). The summed E-state index contributed by atoms with van der Waals surface area (Å²) in [6, 6.07) is 14.5. The van der Waals surface area contributed by atoms with Crippen molar-refractivity contribution in [3.05, 3.63) is 65.5 Å². The molecule has 0 aliphatic heterocycles. The number of carbonyl (C=O) groups is 1. The number of aromatic nitrogens is 2. The Morgan fingerprint density at radius 3 is 2.60 bits per heavy atom. The first-order valence-electron chi connectivity index (χ1n) is 8.11. The second kappa shape index (κ2) is 7.42. The summed E-state index contributed by atoms with van der Waals surface area (Å²) in [4.78, 5) is 16.2. The van der Waals surface area contributed by atoms with Gasteiger partial charge in [0.1, 0.15) is 5.82 Å². The van der Waals surface area contributed by atoms with E-state index >= 15 is 0 Å². The zero-order valence-corrected chi connectivity index (χ0v) is 13.9. The molecule has 25 heavy (non-hydrogen) atoms. The highest BCUT2D eigenvalue weighted by molar-refractivity contribution is 5.78. The molecule has 0 saturated heterocycles. The van der Waals surface area contributed by atoms with Crippen LogP contribution < -0.4 is 5.32 Å². The van der Waals surface area contributed by atoms with E-state index in [1.165, 1.54) is 0 Å². The van der Waals surface area contributed by atoms with Gasteiger partial charge >= 0.3 is 6.55 Å². The second-order valence-corrected chi connectivity index (χ2v) is 5.93. The van der Waals surface area contributed by atoms with E-state index in [0.29, 0.717) is 11.0 Å². The molecule has 0 atom stereocenters. The number of para-hydroxylation sites is 2. The van der Waals surface area contributed by atoms with Crippen molar-refractivity contribution in [3.8, 4) is 0 Å². The van der Waals surface area contributed by atoms with Crippen molar-refractivity contribution in [2.75, 3.05) is 6.54 Å². The van der Waals surface area contributed by atoms with Crippen LogP contribution in [0.3, 0.4) is 0 Å². The lowest BCUT2D eigenvalue weighted by Gasteiger charge is -2.09. The van der Waals surface area contributed by atoms with Crippen LogP contribution in [0.15, 0.2) is 48.5 Å².